The van der Waals surface area contributed by atoms with Gasteiger partial charge in [0.05, 0.1) is 11.7 Å². The van der Waals surface area contributed by atoms with Gasteiger partial charge in [0.25, 0.3) is 0 Å². The van der Waals surface area contributed by atoms with Gasteiger partial charge in [-0.2, -0.15) is 0 Å². The first-order valence-corrected chi connectivity index (χ1v) is 16.2. The molecule has 0 aliphatic heterocycles. The third-order valence-corrected chi connectivity index (χ3v) is 7.68. The number of ether oxygens (including phenoxy) is 2. The molecule has 0 saturated carbocycles. The highest BCUT2D eigenvalue weighted by molar-refractivity contribution is 5.91. The summed E-state index contributed by atoms with van der Waals surface area (Å²) in [5.41, 5.74) is 2.73. The zero-order chi connectivity index (χ0) is 28.0. The van der Waals surface area contributed by atoms with Crippen LogP contribution in [0.2, 0.25) is 0 Å². The van der Waals surface area contributed by atoms with E-state index in [1.165, 1.54) is 96.3 Å². The van der Waals surface area contributed by atoms with Gasteiger partial charge >= 0.3 is 5.97 Å². The highest BCUT2D eigenvalue weighted by Gasteiger charge is 2.13. The second-order valence-corrected chi connectivity index (χ2v) is 11.2. The lowest BCUT2D eigenvalue weighted by atomic mass is 10.0. The van der Waals surface area contributed by atoms with Gasteiger partial charge < -0.3 is 9.47 Å². The number of benzene rings is 2. The number of carbonyl (C=O) groups is 1. The minimum absolute atomic E-state index is 0.0247. The van der Waals surface area contributed by atoms with Crippen molar-refractivity contribution in [1.29, 1.82) is 0 Å². The summed E-state index contributed by atoms with van der Waals surface area (Å²) in [6.45, 7) is 7.29. The van der Waals surface area contributed by atoms with Gasteiger partial charge in [-0.15, -0.1) is 0 Å². The maximum absolute atomic E-state index is 12.6. The normalized spacial score (nSPS) is 12.0. The van der Waals surface area contributed by atoms with Crippen molar-refractivity contribution in [3.8, 4) is 5.75 Å². The van der Waals surface area contributed by atoms with Crippen molar-refractivity contribution in [2.24, 2.45) is 0 Å². The summed E-state index contributed by atoms with van der Waals surface area (Å²) >= 11 is 0. The Morgan fingerprint density at radius 1 is 0.641 bits per heavy atom. The zero-order valence-electron chi connectivity index (χ0n) is 25.4. The van der Waals surface area contributed by atoms with Crippen LogP contribution in [0.4, 0.5) is 0 Å². The van der Waals surface area contributed by atoms with E-state index in [-0.39, 0.29) is 12.1 Å². The smallest absolute Gasteiger partial charge is 0.343 e. The number of hydrogen-bond donors (Lipinski definition) is 0. The molecular weight excluding hydrogens is 480 g/mol. The van der Waals surface area contributed by atoms with E-state index in [4.69, 9.17) is 9.47 Å². The Morgan fingerprint density at radius 2 is 1.15 bits per heavy atom. The van der Waals surface area contributed by atoms with Gasteiger partial charge in [-0.25, -0.2) is 4.79 Å². The predicted octanol–water partition coefficient (Wildman–Crippen LogP) is 11.2. The number of hydrogen-bond acceptors (Lipinski definition) is 3. The van der Waals surface area contributed by atoms with Crippen LogP contribution in [0.25, 0.3) is 0 Å². The topological polar surface area (TPSA) is 35.5 Å². The monoisotopic (exact) mass is 536 g/mol. The van der Waals surface area contributed by atoms with E-state index >= 15 is 0 Å². The molecule has 0 bridgehead atoms. The van der Waals surface area contributed by atoms with Crippen molar-refractivity contribution in [2.75, 3.05) is 6.61 Å². The summed E-state index contributed by atoms with van der Waals surface area (Å²) in [6.07, 6.45) is 24.0. The third-order valence-electron chi connectivity index (χ3n) is 7.68. The molecule has 218 valence electrons. The maximum atomic E-state index is 12.6. The summed E-state index contributed by atoms with van der Waals surface area (Å²) in [7, 11) is 0. The Bertz CT molecular complexity index is 873. The number of unbranched alkanes of at least 4 members (excludes halogenated alkanes) is 15. The number of esters is 1. The van der Waals surface area contributed by atoms with Crippen LogP contribution < -0.4 is 4.74 Å². The van der Waals surface area contributed by atoms with Crippen LogP contribution in [0.3, 0.4) is 0 Å². The van der Waals surface area contributed by atoms with E-state index < -0.39 is 0 Å². The number of aryl methyl sites for hydroxylation is 1. The molecule has 3 nitrogen and oxygen atoms in total. The van der Waals surface area contributed by atoms with Crippen molar-refractivity contribution < 1.29 is 14.3 Å². The Morgan fingerprint density at radius 3 is 1.69 bits per heavy atom. The van der Waals surface area contributed by atoms with Crippen molar-refractivity contribution in [2.45, 2.75) is 142 Å². The van der Waals surface area contributed by atoms with Gasteiger partial charge in [0, 0.05) is 6.61 Å². The molecule has 3 heteroatoms. The molecule has 2 aromatic carbocycles. The molecule has 1 atom stereocenters. The van der Waals surface area contributed by atoms with E-state index in [0.29, 0.717) is 11.3 Å². The largest absolute Gasteiger partial charge is 0.423 e. The van der Waals surface area contributed by atoms with E-state index in [1.54, 1.807) is 0 Å². The van der Waals surface area contributed by atoms with E-state index in [0.717, 1.165) is 37.0 Å². The van der Waals surface area contributed by atoms with Crippen LogP contribution in [-0.2, 0) is 11.2 Å². The maximum Gasteiger partial charge on any atom is 0.343 e. The lowest BCUT2D eigenvalue weighted by Crippen LogP contribution is -2.10. The fraction of sp³-hybridized carbons (Fsp3) is 0.639. The number of carbonyl (C=O) groups excluding carboxylic acids is 1. The molecule has 2 rings (SSSR count). The van der Waals surface area contributed by atoms with E-state index in [2.05, 4.69) is 20.8 Å². The van der Waals surface area contributed by atoms with Crippen LogP contribution in [0, 0.1) is 0 Å². The van der Waals surface area contributed by atoms with Crippen molar-refractivity contribution in [1.82, 2.24) is 0 Å². The second kappa shape index (κ2) is 21.7. The van der Waals surface area contributed by atoms with Crippen LogP contribution in [0.5, 0.6) is 5.75 Å². The van der Waals surface area contributed by atoms with Gasteiger partial charge in [-0.05, 0) is 49.1 Å². The Kier molecular flexibility index (Phi) is 18.4. The van der Waals surface area contributed by atoms with Gasteiger partial charge in [-0.1, -0.05) is 147 Å². The molecule has 1 unspecified atom stereocenters. The summed E-state index contributed by atoms with van der Waals surface area (Å²) in [5, 5.41) is 0. The third kappa shape index (κ3) is 14.7. The average molecular weight is 537 g/mol. The molecular formula is C36H56O3. The highest BCUT2D eigenvalue weighted by atomic mass is 16.5. The molecule has 0 heterocycles. The van der Waals surface area contributed by atoms with Gasteiger partial charge in [-0.3, -0.25) is 0 Å². The SMILES string of the molecule is CCCCCCCCCCCCCCCCCCOC(C)c1ccc(C(=O)Oc2ccccc2CCC)cc1. The van der Waals surface area contributed by atoms with E-state index in [1.807, 2.05) is 48.5 Å². The van der Waals surface area contributed by atoms with Crippen LogP contribution in [-0.4, -0.2) is 12.6 Å². The summed E-state index contributed by atoms with van der Waals surface area (Å²) < 4.78 is 11.8. The van der Waals surface area contributed by atoms with Crippen molar-refractivity contribution >= 4 is 5.97 Å². The Hall–Kier alpha value is -2.13. The summed E-state index contributed by atoms with van der Waals surface area (Å²) in [5.74, 6) is 0.343. The average Bonchev–Trinajstić information content (AvgIpc) is 2.95. The number of para-hydroxylation sites is 1. The molecule has 0 spiro atoms. The van der Waals surface area contributed by atoms with E-state index in [9.17, 15) is 4.79 Å². The molecule has 0 aliphatic rings. The highest BCUT2D eigenvalue weighted by Crippen LogP contribution is 2.22. The standard InChI is InChI=1S/C36H56O3/c1-4-6-7-8-9-10-11-12-13-14-15-16-17-18-19-22-30-38-31(3)32-26-28-34(29-27-32)36(37)39-35-25-21-20-24-33(35)23-5-2/h20-21,24-29,31H,4-19,22-23,30H2,1-3H3. The molecule has 0 N–H and O–H groups in total. The fourth-order valence-corrected chi connectivity index (χ4v) is 5.13. The fourth-order valence-electron chi connectivity index (χ4n) is 5.13. The predicted molar refractivity (Wildman–Crippen MR) is 166 cm³/mol. The molecule has 2 aromatic rings. The number of rotatable bonds is 23. The molecule has 0 aromatic heterocycles. The Balaban J connectivity index is 1.49. The van der Waals surface area contributed by atoms with Gasteiger partial charge in [0.2, 0.25) is 0 Å². The second-order valence-electron chi connectivity index (χ2n) is 11.2. The summed E-state index contributed by atoms with van der Waals surface area (Å²) in [4.78, 5) is 12.6. The summed E-state index contributed by atoms with van der Waals surface area (Å²) in [6, 6.07) is 15.4. The molecule has 0 amide bonds. The lowest BCUT2D eigenvalue weighted by molar-refractivity contribution is 0.0626. The quantitative estimate of drug-likeness (QED) is 0.0804. The first-order valence-electron chi connectivity index (χ1n) is 16.2. The van der Waals surface area contributed by atoms with Gasteiger partial charge in [0.15, 0.2) is 0 Å². The molecule has 0 aliphatic carbocycles. The van der Waals surface area contributed by atoms with Gasteiger partial charge in [0.1, 0.15) is 5.75 Å². The minimum Gasteiger partial charge on any atom is -0.423 e. The minimum atomic E-state index is -0.313. The Labute approximate surface area is 240 Å². The lowest BCUT2D eigenvalue weighted by Gasteiger charge is -2.14. The van der Waals surface area contributed by atoms with Crippen LogP contribution in [0.1, 0.15) is 158 Å². The molecule has 0 saturated heterocycles. The molecule has 0 fully saturated rings. The first-order chi connectivity index (χ1) is 19.2. The zero-order valence-corrected chi connectivity index (χ0v) is 25.4. The van der Waals surface area contributed by atoms with Crippen molar-refractivity contribution in [3.63, 3.8) is 0 Å². The van der Waals surface area contributed by atoms with Crippen molar-refractivity contribution in [3.05, 3.63) is 65.2 Å². The molecule has 0 radical (unpaired) electrons. The van der Waals surface area contributed by atoms with Crippen LogP contribution in [0.15, 0.2) is 48.5 Å². The van der Waals surface area contributed by atoms with Crippen LogP contribution >= 0.6 is 0 Å². The first kappa shape index (κ1) is 33.1. The molecule has 39 heavy (non-hydrogen) atoms.